The average Bonchev–Trinajstić information content (AvgIpc) is 2.42. The van der Waals surface area contributed by atoms with Crippen LogP contribution in [-0.2, 0) is 0 Å². The van der Waals surface area contributed by atoms with Gasteiger partial charge in [0.05, 0.1) is 7.11 Å². The number of halogens is 1. The minimum absolute atomic E-state index is 0.128. The summed E-state index contributed by atoms with van der Waals surface area (Å²) in [5.41, 5.74) is 3.40. The number of aromatic hydroxyl groups is 1. The molecule has 0 heterocycles. The highest BCUT2D eigenvalue weighted by Gasteiger charge is 2.10. The van der Waals surface area contributed by atoms with Crippen LogP contribution in [-0.4, -0.2) is 12.2 Å². The third-order valence-electron chi connectivity index (χ3n) is 3.26. The molecule has 0 radical (unpaired) electrons. The molecule has 0 saturated carbocycles. The van der Waals surface area contributed by atoms with Crippen LogP contribution in [0.4, 0.5) is 5.69 Å². The van der Waals surface area contributed by atoms with Crippen LogP contribution in [0.3, 0.4) is 0 Å². The average molecular weight is 383 g/mol. The third kappa shape index (κ3) is 3.36. The molecule has 2 aromatic carbocycles. The van der Waals surface area contributed by atoms with Gasteiger partial charge in [0.25, 0.3) is 0 Å². The summed E-state index contributed by atoms with van der Waals surface area (Å²) in [4.78, 5) is 0. The van der Waals surface area contributed by atoms with Gasteiger partial charge in [-0.3, -0.25) is 0 Å². The highest BCUT2D eigenvalue weighted by molar-refractivity contribution is 14.1. The number of hydrogen-bond donors (Lipinski definition) is 2. The summed E-state index contributed by atoms with van der Waals surface area (Å²) >= 11 is 2.31. The Kier molecular flexibility index (Phi) is 4.75. The van der Waals surface area contributed by atoms with Gasteiger partial charge in [-0.2, -0.15) is 0 Å². The van der Waals surface area contributed by atoms with E-state index >= 15 is 0 Å². The standard InChI is InChI=1S/C16H18INO2/c1-10-8-13(17)5-6-14(10)18-11(2)12-4-7-15(19)16(9-12)20-3/h4-9,11,18-19H,1-3H3. The Labute approximate surface area is 133 Å². The van der Waals surface area contributed by atoms with E-state index in [2.05, 4.69) is 60.0 Å². The molecule has 0 fully saturated rings. The Morgan fingerprint density at radius 3 is 2.60 bits per heavy atom. The molecule has 1 atom stereocenters. The Hall–Kier alpha value is -1.43. The van der Waals surface area contributed by atoms with E-state index in [4.69, 9.17) is 4.74 Å². The SMILES string of the molecule is COc1cc(C(C)Nc2ccc(I)cc2C)ccc1O. The fraction of sp³-hybridized carbons (Fsp3) is 0.250. The second-order valence-corrected chi connectivity index (χ2v) is 6.00. The quantitative estimate of drug-likeness (QED) is 0.765. The van der Waals surface area contributed by atoms with Gasteiger partial charge in [-0.15, -0.1) is 0 Å². The second kappa shape index (κ2) is 6.35. The van der Waals surface area contributed by atoms with Crippen molar-refractivity contribution in [1.82, 2.24) is 0 Å². The Morgan fingerprint density at radius 2 is 1.95 bits per heavy atom. The van der Waals surface area contributed by atoms with Crippen LogP contribution in [0.25, 0.3) is 0 Å². The van der Waals surface area contributed by atoms with E-state index in [9.17, 15) is 5.11 Å². The van der Waals surface area contributed by atoms with Crippen molar-refractivity contribution in [2.45, 2.75) is 19.9 Å². The number of methoxy groups -OCH3 is 1. The largest absolute Gasteiger partial charge is 0.504 e. The lowest BCUT2D eigenvalue weighted by Gasteiger charge is -2.18. The molecule has 0 saturated heterocycles. The van der Waals surface area contributed by atoms with Gasteiger partial charge in [-0.1, -0.05) is 6.07 Å². The number of aryl methyl sites for hydroxylation is 1. The van der Waals surface area contributed by atoms with Gasteiger partial charge in [0, 0.05) is 15.3 Å². The van der Waals surface area contributed by atoms with Crippen molar-refractivity contribution in [3.8, 4) is 11.5 Å². The molecular formula is C16H18INO2. The number of hydrogen-bond acceptors (Lipinski definition) is 3. The lowest BCUT2D eigenvalue weighted by molar-refractivity contribution is 0.373. The van der Waals surface area contributed by atoms with Crippen molar-refractivity contribution in [2.24, 2.45) is 0 Å². The summed E-state index contributed by atoms with van der Waals surface area (Å²) in [6, 6.07) is 11.9. The molecule has 0 aromatic heterocycles. The van der Waals surface area contributed by atoms with E-state index < -0.39 is 0 Å². The fourth-order valence-electron chi connectivity index (χ4n) is 2.07. The molecule has 0 aliphatic heterocycles. The smallest absolute Gasteiger partial charge is 0.160 e. The van der Waals surface area contributed by atoms with Crippen LogP contribution in [0.1, 0.15) is 24.1 Å². The van der Waals surface area contributed by atoms with E-state index in [0.717, 1.165) is 11.3 Å². The van der Waals surface area contributed by atoms with Crippen LogP contribution < -0.4 is 10.1 Å². The number of nitrogens with one attached hydrogen (secondary N) is 1. The molecule has 106 valence electrons. The lowest BCUT2D eigenvalue weighted by Crippen LogP contribution is -2.08. The monoisotopic (exact) mass is 383 g/mol. The first kappa shape index (κ1) is 15.0. The molecule has 2 rings (SSSR count). The first-order valence-corrected chi connectivity index (χ1v) is 7.48. The Balaban J connectivity index is 2.21. The molecule has 2 N–H and O–H groups in total. The van der Waals surface area contributed by atoms with Crippen LogP contribution in [0.15, 0.2) is 36.4 Å². The highest BCUT2D eigenvalue weighted by Crippen LogP contribution is 2.30. The molecule has 4 heteroatoms. The number of phenolic OH excluding ortho intramolecular Hbond substituents is 1. The minimum atomic E-state index is 0.128. The third-order valence-corrected chi connectivity index (χ3v) is 3.94. The number of phenols is 1. The molecule has 0 amide bonds. The maximum Gasteiger partial charge on any atom is 0.160 e. The van der Waals surface area contributed by atoms with Gasteiger partial charge in [-0.25, -0.2) is 0 Å². The normalized spacial score (nSPS) is 12.0. The van der Waals surface area contributed by atoms with E-state index in [0.29, 0.717) is 5.75 Å². The van der Waals surface area contributed by atoms with Crippen molar-refractivity contribution < 1.29 is 9.84 Å². The molecule has 0 bridgehead atoms. The Bertz CT molecular complexity index is 613. The Morgan fingerprint density at radius 1 is 1.20 bits per heavy atom. The van der Waals surface area contributed by atoms with E-state index in [1.807, 2.05) is 12.1 Å². The van der Waals surface area contributed by atoms with Crippen molar-refractivity contribution >= 4 is 28.3 Å². The summed E-state index contributed by atoms with van der Waals surface area (Å²) in [5, 5.41) is 13.1. The fourth-order valence-corrected chi connectivity index (χ4v) is 2.72. The summed E-state index contributed by atoms with van der Waals surface area (Å²) < 4.78 is 6.37. The highest BCUT2D eigenvalue weighted by atomic mass is 127. The van der Waals surface area contributed by atoms with Gasteiger partial charge in [0.15, 0.2) is 11.5 Å². The molecular weight excluding hydrogens is 365 g/mol. The van der Waals surface area contributed by atoms with E-state index in [-0.39, 0.29) is 11.8 Å². The van der Waals surface area contributed by atoms with Crippen molar-refractivity contribution in [3.63, 3.8) is 0 Å². The predicted octanol–water partition coefficient (Wildman–Crippen LogP) is 4.49. The van der Waals surface area contributed by atoms with Gasteiger partial charge < -0.3 is 15.2 Å². The van der Waals surface area contributed by atoms with E-state index in [1.165, 1.54) is 9.13 Å². The maximum absolute atomic E-state index is 9.63. The molecule has 2 aromatic rings. The van der Waals surface area contributed by atoms with Crippen LogP contribution >= 0.6 is 22.6 Å². The van der Waals surface area contributed by atoms with Gasteiger partial charge >= 0.3 is 0 Å². The summed E-state index contributed by atoms with van der Waals surface area (Å²) in [6.07, 6.45) is 0. The van der Waals surface area contributed by atoms with Gasteiger partial charge in [0.1, 0.15) is 0 Å². The second-order valence-electron chi connectivity index (χ2n) is 4.76. The first-order chi connectivity index (χ1) is 9.51. The number of rotatable bonds is 4. The summed E-state index contributed by atoms with van der Waals surface area (Å²) in [7, 11) is 1.56. The molecule has 3 nitrogen and oxygen atoms in total. The number of anilines is 1. The molecule has 0 spiro atoms. The maximum atomic E-state index is 9.63. The van der Waals surface area contributed by atoms with Crippen molar-refractivity contribution in [3.05, 3.63) is 51.1 Å². The van der Waals surface area contributed by atoms with E-state index in [1.54, 1.807) is 13.2 Å². The van der Waals surface area contributed by atoms with Gasteiger partial charge in [0.2, 0.25) is 0 Å². The van der Waals surface area contributed by atoms with Crippen LogP contribution in [0, 0.1) is 10.5 Å². The first-order valence-electron chi connectivity index (χ1n) is 6.41. The minimum Gasteiger partial charge on any atom is -0.504 e. The molecule has 0 aliphatic carbocycles. The zero-order valence-corrected chi connectivity index (χ0v) is 13.9. The lowest BCUT2D eigenvalue weighted by atomic mass is 10.1. The molecule has 1 unspecified atom stereocenters. The number of ether oxygens (including phenoxy) is 1. The van der Waals surface area contributed by atoms with Crippen LogP contribution in [0.2, 0.25) is 0 Å². The topological polar surface area (TPSA) is 41.5 Å². The zero-order valence-electron chi connectivity index (χ0n) is 11.8. The number of benzene rings is 2. The zero-order chi connectivity index (χ0) is 14.7. The summed E-state index contributed by atoms with van der Waals surface area (Å²) in [6.45, 7) is 4.18. The molecule has 20 heavy (non-hydrogen) atoms. The predicted molar refractivity (Wildman–Crippen MR) is 90.6 cm³/mol. The van der Waals surface area contributed by atoms with Crippen molar-refractivity contribution in [2.75, 3.05) is 12.4 Å². The molecule has 0 aliphatic rings. The van der Waals surface area contributed by atoms with Gasteiger partial charge in [-0.05, 0) is 77.9 Å². The van der Waals surface area contributed by atoms with Crippen molar-refractivity contribution in [1.29, 1.82) is 0 Å². The summed E-state index contributed by atoms with van der Waals surface area (Å²) in [5.74, 6) is 0.657. The van der Waals surface area contributed by atoms with Crippen LogP contribution in [0.5, 0.6) is 11.5 Å².